The van der Waals surface area contributed by atoms with Crippen LogP contribution in [0, 0.1) is 5.92 Å². The van der Waals surface area contributed by atoms with E-state index in [0.717, 1.165) is 5.69 Å². The van der Waals surface area contributed by atoms with Gasteiger partial charge in [0.2, 0.25) is 5.91 Å². The van der Waals surface area contributed by atoms with Crippen molar-refractivity contribution in [1.82, 2.24) is 5.32 Å². The molecule has 26 heavy (non-hydrogen) atoms. The number of nitrogens with one attached hydrogen (secondary N) is 2. The van der Waals surface area contributed by atoms with Crippen LogP contribution in [0.1, 0.15) is 75.4 Å². The summed E-state index contributed by atoms with van der Waals surface area (Å²) in [6, 6.07) is 10.7. The number of carbonyl (C=O) groups excluding carboxylic acids is 1. The van der Waals surface area contributed by atoms with Gasteiger partial charge in [-0.15, -0.1) is 11.3 Å². The fraction of sp³-hybridized carbons (Fsp3) is 0.500. The van der Waals surface area contributed by atoms with Crippen LogP contribution >= 0.6 is 11.3 Å². The average molecular weight is 373 g/mol. The molecule has 1 aromatic carbocycles. The third-order valence-corrected chi connectivity index (χ3v) is 5.59. The minimum atomic E-state index is 0.0159. The lowest BCUT2D eigenvalue weighted by Gasteiger charge is -2.23. The van der Waals surface area contributed by atoms with Crippen molar-refractivity contribution >= 4 is 22.9 Å². The van der Waals surface area contributed by atoms with E-state index in [9.17, 15) is 4.79 Å². The van der Waals surface area contributed by atoms with Crippen LogP contribution in [0.5, 0.6) is 0 Å². The van der Waals surface area contributed by atoms with E-state index >= 15 is 0 Å². The second kappa shape index (κ2) is 9.33. The standard InChI is InChI=1S/C22H32N2OS/c1-14(2)17-9-7-10-18(15(3)4)22(17)24-20(25)13-23-21(16(5)6)19-11-8-12-26-19/h7-12,14-16,21,23H,13H2,1-6H3,(H,24,25). The molecule has 1 heterocycles. The third kappa shape index (κ3) is 5.18. The molecule has 0 saturated carbocycles. The molecule has 0 fully saturated rings. The number of benzene rings is 1. The van der Waals surface area contributed by atoms with Gasteiger partial charge in [-0.3, -0.25) is 4.79 Å². The van der Waals surface area contributed by atoms with E-state index in [1.165, 1.54) is 16.0 Å². The Bertz CT molecular complexity index is 679. The van der Waals surface area contributed by atoms with E-state index in [2.05, 4.69) is 87.9 Å². The number of anilines is 1. The molecule has 1 amide bonds. The first-order chi connectivity index (χ1) is 12.3. The van der Waals surface area contributed by atoms with Crippen molar-refractivity contribution < 1.29 is 4.79 Å². The van der Waals surface area contributed by atoms with Gasteiger partial charge in [-0.1, -0.05) is 65.8 Å². The van der Waals surface area contributed by atoms with E-state index in [1.807, 2.05) is 0 Å². The number of carbonyl (C=O) groups is 1. The number of amides is 1. The molecule has 2 rings (SSSR count). The quantitative estimate of drug-likeness (QED) is 0.604. The van der Waals surface area contributed by atoms with Gasteiger partial charge in [-0.25, -0.2) is 0 Å². The number of para-hydroxylation sites is 1. The summed E-state index contributed by atoms with van der Waals surface area (Å²) in [6.45, 7) is 13.3. The van der Waals surface area contributed by atoms with Gasteiger partial charge >= 0.3 is 0 Å². The predicted octanol–water partition coefficient (Wildman–Crippen LogP) is 5.92. The molecule has 2 aromatic rings. The fourth-order valence-electron chi connectivity index (χ4n) is 3.21. The Morgan fingerprint density at radius 1 is 0.962 bits per heavy atom. The van der Waals surface area contributed by atoms with E-state index in [1.54, 1.807) is 11.3 Å². The van der Waals surface area contributed by atoms with Crippen LogP contribution in [0.2, 0.25) is 0 Å². The van der Waals surface area contributed by atoms with Gasteiger partial charge in [0.15, 0.2) is 0 Å². The van der Waals surface area contributed by atoms with E-state index in [4.69, 9.17) is 0 Å². The van der Waals surface area contributed by atoms with Crippen molar-refractivity contribution in [2.45, 2.75) is 59.4 Å². The minimum Gasteiger partial charge on any atom is -0.324 e. The molecule has 4 heteroatoms. The molecule has 1 atom stereocenters. The molecule has 0 aliphatic heterocycles. The maximum atomic E-state index is 12.7. The molecule has 1 aromatic heterocycles. The number of thiophene rings is 1. The van der Waals surface area contributed by atoms with Gasteiger partial charge in [0.05, 0.1) is 6.54 Å². The molecular weight excluding hydrogens is 340 g/mol. The Labute approximate surface area is 162 Å². The molecule has 0 bridgehead atoms. The lowest BCUT2D eigenvalue weighted by atomic mass is 9.92. The molecule has 0 radical (unpaired) electrons. The summed E-state index contributed by atoms with van der Waals surface area (Å²) in [7, 11) is 0. The molecule has 0 saturated heterocycles. The van der Waals surface area contributed by atoms with Gasteiger partial charge in [-0.2, -0.15) is 0 Å². The molecule has 142 valence electrons. The maximum absolute atomic E-state index is 12.7. The Morgan fingerprint density at radius 2 is 1.58 bits per heavy atom. The molecular formula is C22H32N2OS. The minimum absolute atomic E-state index is 0.0159. The lowest BCUT2D eigenvalue weighted by Crippen LogP contribution is -2.33. The summed E-state index contributed by atoms with van der Waals surface area (Å²) in [5.41, 5.74) is 3.38. The molecule has 0 aliphatic carbocycles. The van der Waals surface area contributed by atoms with Crippen molar-refractivity contribution in [2.24, 2.45) is 5.92 Å². The third-order valence-electron chi connectivity index (χ3n) is 4.64. The van der Waals surface area contributed by atoms with Crippen molar-refractivity contribution in [2.75, 3.05) is 11.9 Å². The molecule has 1 unspecified atom stereocenters. The second-order valence-electron chi connectivity index (χ2n) is 7.79. The molecule has 2 N–H and O–H groups in total. The van der Waals surface area contributed by atoms with Crippen LogP contribution in [0.3, 0.4) is 0 Å². The highest BCUT2D eigenvalue weighted by molar-refractivity contribution is 7.10. The van der Waals surface area contributed by atoms with E-state index in [-0.39, 0.29) is 11.9 Å². The van der Waals surface area contributed by atoms with E-state index in [0.29, 0.717) is 24.3 Å². The maximum Gasteiger partial charge on any atom is 0.238 e. The largest absolute Gasteiger partial charge is 0.324 e. The Hall–Kier alpha value is -1.65. The van der Waals surface area contributed by atoms with Crippen molar-refractivity contribution in [3.63, 3.8) is 0 Å². The SMILES string of the molecule is CC(C)c1cccc(C(C)C)c1NC(=O)CNC(c1cccs1)C(C)C. The zero-order chi connectivity index (χ0) is 19.3. The van der Waals surface area contributed by atoms with Gasteiger partial charge in [-0.05, 0) is 40.3 Å². The van der Waals surface area contributed by atoms with Gasteiger partial charge in [0.25, 0.3) is 0 Å². The van der Waals surface area contributed by atoms with Gasteiger partial charge in [0, 0.05) is 16.6 Å². The summed E-state index contributed by atoms with van der Waals surface area (Å²) in [5.74, 6) is 1.18. The number of hydrogen-bond acceptors (Lipinski definition) is 3. The van der Waals surface area contributed by atoms with Crippen molar-refractivity contribution in [3.8, 4) is 0 Å². The van der Waals surface area contributed by atoms with Crippen LogP contribution in [-0.2, 0) is 4.79 Å². The summed E-state index contributed by atoms with van der Waals surface area (Å²) in [6.07, 6.45) is 0. The topological polar surface area (TPSA) is 41.1 Å². The Balaban J connectivity index is 2.12. The zero-order valence-corrected chi connectivity index (χ0v) is 17.6. The predicted molar refractivity (Wildman–Crippen MR) is 113 cm³/mol. The monoisotopic (exact) mass is 372 g/mol. The second-order valence-corrected chi connectivity index (χ2v) is 8.77. The summed E-state index contributed by atoms with van der Waals surface area (Å²) >= 11 is 1.73. The van der Waals surface area contributed by atoms with Crippen LogP contribution < -0.4 is 10.6 Å². The highest BCUT2D eigenvalue weighted by Crippen LogP contribution is 2.32. The number of hydrogen-bond donors (Lipinski definition) is 2. The summed E-state index contributed by atoms with van der Waals surface area (Å²) < 4.78 is 0. The Morgan fingerprint density at radius 3 is 2.04 bits per heavy atom. The van der Waals surface area contributed by atoms with Crippen LogP contribution in [0.25, 0.3) is 0 Å². The summed E-state index contributed by atoms with van der Waals surface area (Å²) in [4.78, 5) is 14.0. The Kier molecular flexibility index (Phi) is 7.42. The van der Waals surface area contributed by atoms with Crippen LogP contribution in [0.4, 0.5) is 5.69 Å². The van der Waals surface area contributed by atoms with Crippen LogP contribution in [0.15, 0.2) is 35.7 Å². The zero-order valence-electron chi connectivity index (χ0n) is 16.8. The summed E-state index contributed by atoms with van der Waals surface area (Å²) in [5, 5.41) is 8.70. The fourth-order valence-corrected chi connectivity index (χ4v) is 4.19. The van der Waals surface area contributed by atoms with Gasteiger partial charge < -0.3 is 10.6 Å². The van der Waals surface area contributed by atoms with Crippen molar-refractivity contribution in [3.05, 3.63) is 51.7 Å². The molecule has 0 aliphatic rings. The first-order valence-electron chi connectivity index (χ1n) is 9.50. The highest BCUT2D eigenvalue weighted by atomic mass is 32.1. The van der Waals surface area contributed by atoms with Crippen LogP contribution in [-0.4, -0.2) is 12.5 Å². The average Bonchev–Trinajstić information content (AvgIpc) is 3.08. The first-order valence-corrected chi connectivity index (χ1v) is 10.4. The lowest BCUT2D eigenvalue weighted by molar-refractivity contribution is -0.115. The molecule has 3 nitrogen and oxygen atoms in total. The van der Waals surface area contributed by atoms with Gasteiger partial charge in [0.1, 0.15) is 0 Å². The normalized spacial score (nSPS) is 12.8. The smallest absolute Gasteiger partial charge is 0.238 e. The number of rotatable bonds is 8. The first kappa shape index (κ1) is 20.7. The highest BCUT2D eigenvalue weighted by Gasteiger charge is 2.19. The van der Waals surface area contributed by atoms with E-state index < -0.39 is 0 Å². The van der Waals surface area contributed by atoms with Crippen molar-refractivity contribution in [1.29, 1.82) is 0 Å². The molecule has 0 spiro atoms.